The normalized spacial score (nSPS) is 11.2. The molecule has 0 radical (unpaired) electrons. The van der Waals surface area contributed by atoms with Gasteiger partial charge in [-0.2, -0.15) is 0 Å². The van der Waals surface area contributed by atoms with E-state index < -0.39 is 0 Å². The van der Waals surface area contributed by atoms with Gasteiger partial charge in [0, 0.05) is 29.5 Å². The van der Waals surface area contributed by atoms with Crippen LogP contribution in [0.25, 0.3) is 17.0 Å². The van der Waals surface area contributed by atoms with Gasteiger partial charge in [-0.3, -0.25) is 4.79 Å². The molecule has 0 fully saturated rings. The minimum Gasteiger partial charge on any atom is -0.457 e. The Bertz CT molecular complexity index is 816. The molecular weight excluding hydrogens is 354 g/mol. The summed E-state index contributed by atoms with van der Waals surface area (Å²) < 4.78 is 6.69. The number of hydrogen-bond donors (Lipinski definition) is 0. The zero-order chi connectivity index (χ0) is 16.2. The van der Waals surface area contributed by atoms with E-state index in [-0.39, 0.29) is 5.91 Å². The third kappa shape index (κ3) is 3.90. The second-order valence-corrected chi connectivity index (χ2v) is 6.26. The first-order chi connectivity index (χ1) is 11.1. The lowest BCUT2D eigenvalue weighted by Crippen LogP contribution is -2.24. The predicted molar refractivity (Wildman–Crippen MR) is 95.9 cm³/mol. The standard InChI is InChI=1S/C19H16BrNO2/c1-21(13-14-6-8-16(20)9-7-14)19(22)11-10-17-12-15-4-2-3-5-18(15)23-17/h2-12H,13H2,1H3/b11-10+. The molecule has 0 saturated heterocycles. The number of benzene rings is 2. The third-order valence-corrected chi connectivity index (χ3v) is 4.07. The molecule has 116 valence electrons. The first-order valence-electron chi connectivity index (χ1n) is 7.28. The largest absolute Gasteiger partial charge is 0.457 e. The minimum atomic E-state index is -0.0617. The van der Waals surface area contributed by atoms with E-state index in [2.05, 4.69) is 15.9 Å². The summed E-state index contributed by atoms with van der Waals surface area (Å²) in [5.74, 6) is 0.616. The van der Waals surface area contributed by atoms with Crippen molar-refractivity contribution in [3.63, 3.8) is 0 Å². The van der Waals surface area contributed by atoms with Crippen molar-refractivity contribution >= 4 is 38.9 Å². The van der Waals surface area contributed by atoms with Crippen LogP contribution >= 0.6 is 15.9 Å². The van der Waals surface area contributed by atoms with E-state index in [1.54, 1.807) is 18.0 Å². The molecule has 0 aliphatic rings. The molecule has 3 nitrogen and oxygen atoms in total. The van der Waals surface area contributed by atoms with E-state index in [1.807, 2.05) is 54.6 Å². The highest BCUT2D eigenvalue weighted by molar-refractivity contribution is 9.10. The lowest BCUT2D eigenvalue weighted by molar-refractivity contribution is -0.125. The summed E-state index contributed by atoms with van der Waals surface area (Å²) >= 11 is 3.40. The molecule has 3 rings (SSSR count). The summed E-state index contributed by atoms with van der Waals surface area (Å²) in [4.78, 5) is 13.9. The quantitative estimate of drug-likeness (QED) is 0.614. The molecule has 4 heteroatoms. The summed E-state index contributed by atoms with van der Waals surface area (Å²) in [5, 5.41) is 1.03. The number of hydrogen-bond acceptors (Lipinski definition) is 2. The molecule has 0 unspecified atom stereocenters. The smallest absolute Gasteiger partial charge is 0.246 e. The molecule has 0 N–H and O–H groups in total. The Morgan fingerprint density at radius 1 is 1.17 bits per heavy atom. The van der Waals surface area contributed by atoms with Crippen molar-refractivity contribution in [2.45, 2.75) is 6.54 Å². The van der Waals surface area contributed by atoms with Crippen LogP contribution < -0.4 is 0 Å². The number of carbonyl (C=O) groups is 1. The van der Waals surface area contributed by atoms with E-state index in [0.717, 1.165) is 21.0 Å². The average molecular weight is 370 g/mol. The van der Waals surface area contributed by atoms with Crippen molar-refractivity contribution in [1.82, 2.24) is 4.90 Å². The van der Waals surface area contributed by atoms with Gasteiger partial charge in [0.2, 0.25) is 5.91 Å². The molecule has 0 saturated carbocycles. The maximum Gasteiger partial charge on any atom is 0.246 e. The summed E-state index contributed by atoms with van der Waals surface area (Å²) in [6.45, 7) is 0.566. The Kier molecular flexibility index (Phi) is 4.63. The number of rotatable bonds is 4. The van der Waals surface area contributed by atoms with E-state index in [0.29, 0.717) is 12.3 Å². The van der Waals surface area contributed by atoms with Crippen molar-refractivity contribution in [3.05, 3.63) is 76.5 Å². The zero-order valence-corrected chi connectivity index (χ0v) is 14.3. The maximum atomic E-state index is 12.2. The van der Waals surface area contributed by atoms with Gasteiger partial charge < -0.3 is 9.32 Å². The number of amides is 1. The first kappa shape index (κ1) is 15.6. The number of halogens is 1. The van der Waals surface area contributed by atoms with Gasteiger partial charge in [0.1, 0.15) is 11.3 Å². The molecule has 2 aromatic carbocycles. The number of furan rings is 1. The molecule has 0 spiro atoms. The molecule has 3 aromatic rings. The van der Waals surface area contributed by atoms with Crippen LogP contribution in [0, 0.1) is 0 Å². The molecule has 0 bridgehead atoms. The predicted octanol–water partition coefficient (Wildman–Crippen LogP) is 4.87. The van der Waals surface area contributed by atoms with E-state index in [9.17, 15) is 4.79 Å². The molecule has 23 heavy (non-hydrogen) atoms. The number of para-hydroxylation sites is 1. The number of fused-ring (bicyclic) bond motifs is 1. The van der Waals surface area contributed by atoms with Gasteiger partial charge in [0.05, 0.1) is 0 Å². The van der Waals surface area contributed by atoms with Crippen LogP contribution in [0.4, 0.5) is 0 Å². The van der Waals surface area contributed by atoms with Crippen molar-refractivity contribution in [3.8, 4) is 0 Å². The van der Waals surface area contributed by atoms with Crippen molar-refractivity contribution in [2.75, 3.05) is 7.05 Å². The van der Waals surface area contributed by atoms with Gasteiger partial charge in [-0.15, -0.1) is 0 Å². The van der Waals surface area contributed by atoms with Crippen LogP contribution in [-0.4, -0.2) is 17.9 Å². The molecular formula is C19H16BrNO2. The minimum absolute atomic E-state index is 0.0617. The second kappa shape index (κ2) is 6.84. The van der Waals surface area contributed by atoms with Crippen LogP contribution in [0.2, 0.25) is 0 Å². The molecule has 0 aliphatic carbocycles. The molecule has 0 atom stereocenters. The van der Waals surface area contributed by atoms with Crippen molar-refractivity contribution in [2.24, 2.45) is 0 Å². The number of likely N-dealkylation sites (N-methyl/N-ethyl adjacent to an activating group) is 1. The van der Waals surface area contributed by atoms with Crippen LogP contribution in [0.15, 0.2) is 69.6 Å². The Morgan fingerprint density at radius 2 is 1.91 bits per heavy atom. The lowest BCUT2D eigenvalue weighted by atomic mass is 10.2. The topological polar surface area (TPSA) is 33.5 Å². The van der Waals surface area contributed by atoms with Gasteiger partial charge in [0.15, 0.2) is 0 Å². The second-order valence-electron chi connectivity index (χ2n) is 5.34. The summed E-state index contributed by atoms with van der Waals surface area (Å²) in [7, 11) is 1.79. The summed E-state index contributed by atoms with van der Waals surface area (Å²) in [5.41, 5.74) is 1.91. The fraction of sp³-hybridized carbons (Fsp3) is 0.105. The fourth-order valence-electron chi connectivity index (χ4n) is 2.31. The lowest BCUT2D eigenvalue weighted by Gasteiger charge is -2.15. The fourth-order valence-corrected chi connectivity index (χ4v) is 2.57. The number of carbonyl (C=O) groups excluding carboxylic acids is 1. The Morgan fingerprint density at radius 3 is 2.65 bits per heavy atom. The van der Waals surface area contributed by atoms with Gasteiger partial charge >= 0.3 is 0 Å². The Labute approximate surface area is 143 Å². The van der Waals surface area contributed by atoms with Crippen LogP contribution in [0.1, 0.15) is 11.3 Å². The number of nitrogens with zero attached hydrogens (tertiary/aromatic N) is 1. The Balaban J connectivity index is 1.66. The van der Waals surface area contributed by atoms with Gasteiger partial charge in [-0.1, -0.05) is 46.3 Å². The first-order valence-corrected chi connectivity index (χ1v) is 8.07. The van der Waals surface area contributed by atoms with Crippen molar-refractivity contribution < 1.29 is 9.21 Å². The average Bonchev–Trinajstić information content (AvgIpc) is 2.97. The SMILES string of the molecule is CN(Cc1ccc(Br)cc1)C(=O)/C=C/c1cc2ccccc2o1. The van der Waals surface area contributed by atoms with E-state index >= 15 is 0 Å². The molecule has 1 amide bonds. The highest BCUT2D eigenvalue weighted by atomic mass is 79.9. The van der Waals surface area contributed by atoms with Crippen molar-refractivity contribution in [1.29, 1.82) is 0 Å². The summed E-state index contributed by atoms with van der Waals surface area (Å²) in [6, 6.07) is 17.6. The van der Waals surface area contributed by atoms with E-state index in [1.165, 1.54) is 6.08 Å². The van der Waals surface area contributed by atoms with Gasteiger partial charge in [-0.25, -0.2) is 0 Å². The Hall–Kier alpha value is -2.33. The van der Waals surface area contributed by atoms with Crippen LogP contribution in [0.5, 0.6) is 0 Å². The third-order valence-electron chi connectivity index (χ3n) is 3.54. The van der Waals surface area contributed by atoms with E-state index in [4.69, 9.17) is 4.42 Å². The molecule has 1 aromatic heterocycles. The highest BCUT2D eigenvalue weighted by Crippen LogP contribution is 2.19. The molecule has 1 heterocycles. The monoisotopic (exact) mass is 369 g/mol. The highest BCUT2D eigenvalue weighted by Gasteiger charge is 2.06. The zero-order valence-electron chi connectivity index (χ0n) is 12.7. The van der Waals surface area contributed by atoms with Crippen LogP contribution in [-0.2, 0) is 11.3 Å². The van der Waals surface area contributed by atoms with Gasteiger partial charge in [0.25, 0.3) is 0 Å². The van der Waals surface area contributed by atoms with Crippen LogP contribution in [0.3, 0.4) is 0 Å². The summed E-state index contributed by atoms with van der Waals surface area (Å²) in [6.07, 6.45) is 3.25. The van der Waals surface area contributed by atoms with Gasteiger partial charge in [-0.05, 0) is 35.9 Å². The molecule has 0 aliphatic heterocycles. The maximum absolute atomic E-state index is 12.2.